The number of H-pyrrole nitrogens is 1. The number of ether oxygens (including phenoxy) is 2. The first-order valence-electron chi connectivity index (χ1n) is 14.3. The molecule has 9 nitrogen and oxygen atoms in total. The van der Waals surface area contributed by atoms with Gasteiger partial charge in [0.15, 0.2) is 5.82 Å². The SMILES string of the molecule is CCc1ccc2[nH]c(=O)c([C@H](c3nnnn3C(C)(C)CC)N(Cc3cccc(OC)c3)C[C@H]3CCCO3)cc2c1. The maximum absolute atomic E-state index is 13.8. The number of rotatable bonds is 11. The maximum atomic E-state index is 13.8. The lowest BCUT2D eigenvalue weighted by Gasteiger charge is -2.34. The summed E-state index contributed by atoms with van der Waals surface area (Å²) in [5, 5.41) is 14.1. The average molecular weight is 545 g/mol. The summed E-state index contributed by atoms with van der Waals surface area (Å²) >= 11 is 0. The Labute approximate surface area is 235 Å². The molecule has 0 unspecified atom stereocenters. The highest BCUT2D eigenvalue weighted by molar-refractivity contribution is 5.80. The Morgan fingerprint density at radius 1 is 1.18 bits per heavy atom. The average Bonchev–Trinajstić information content (AvgIpc) is 3.66. The molecule has 3 heterocycles. The van der Waals surface area contributed by atoms with Crippen molar-refractivity contribution in [1.29, 1.82) is 0 Å². The van der Waals surface area contributed by atoms with Gasteiger partial charge >= 0.3 is 0 Å². The molecule has 4 aromatic rings. The Balaban J connectivity index is 1.71. The number of nitrogens with zero attached hydrogens (tertiary/aromatic N) is 5. The molecule has 0 bridgehead atoms. The van der Waals surface area contributed by atoms with Gasteiger partial charge in [-0.3, -0.25) is 9.69 Å². The molecule has 40 heavy (non-hydrogen) atoms. The Kier molecular flexibility index (Phi) is 8.32. The first-order chi connectivity index (χ1) is 19.3. The zero-order valence-corrected chi connectivity index (χ0v) is 24.2. The van der Waals surface area contributed by atoms with Crippen molar-refractivity contribution in [1.82, 2.24) is 30.1 Å². The Morgan fingerprint density at radius 3 is 2.75 bits per heavy atom. The van der Waals surface area contributed by atoms with E-state index in [0.29, 0.717) is 24.5 Å². The molecule has 2 aromatic heterocycles. The van der Waals surface area contributed by atoms with Gasteiger partial charge in [0.05, 0.1) is 18.8 Å². The molecular weight excluding hydrogens is 504 g/mol. The van der Waals surface area contributed by atoms with E-state index in [4.69, 9.17) is 9.47 Å². The van der Waals surface area contributed by atoms with Crippen LogP contribution >= 0.6 is 0 Å². The van der Waals surface area contributed by atoms with Crippen LogP contribution in [-0.4, -0.2) is 56.5 Å². The lowest BCUT2D eigenvalue weighted by molar-refractivity contribution is 0.0562. The third kappa shape index (κ3) is 5.81. The van der Waals surface area contributed by atoms with Crippen LogP contribution in [0.3, 0.4) is 0 Å². The molecule has 9 heteroatoms. The predicted molar refractivity (Wildman–Crippen MR) is 156 cm³/mol. The third-order valence-corrected chi connectivity index (χ3v) is 8.16. The zero-order valence-electron chi connectivity index (χ0n) is 24.2. The highest BCUT2D eigenvalue weighted by atomic mass is 16.5. The molecule has 0 spiro atoms. The first-order valence-corrected chi connectivity index (χ1v) is 14.3. The quantitative estimate of drug-likeness (QED) is 0.284. The van der Waals surface area contributed by atoms with Gasteiger partial charge < -0.3 is 14.5 Å². The highest BCUT2D eigenvalue weighted by Crippen LogP contribution is 2.33. The molecular formula is C31H40N6O3. The summed E-state index contributed by atoms with van der Waals surface area (Å²) in [5.74, 6) is 1.43. The number of aromatic amines is 1. The van der Waals surface area contributed by atoms with E-state index in [9.17, 15) is 4.79 Å². The molecule has 212 valence electrons. The Morgan fingerprint density at radius 2 is 2.02 bits per heavy atom. The van der Waals surface area contributed by atoms with Crippen LogP contribution in [0.2, 0.25) is 0 Å². The number of hydrogen-bond acceptors (Lipinski definition) is 7. The van der Waals surface area contributed by atoms with Gasteiger partial charge in [0, 0.05) is 30.8 Å². The Hall–Kier alpha value is -3.56. The van der Waals surface area contributed by atoms with Crippen molar-refractivity contribution in [2.45, 2.75) is 77.6 Å². The number of fused-ring (bicyclic) bond motifs is 1. The van der Waals surface area contributed by atoms with E-state index in [1.54, 1.807) is 7.11 Å². The van der Waals surface area contributed by atoms with Crippen LogP contribution in [0, 0.1) is 0 Å². The molecule has 1 N–H and O–H groups in total. The normalized spacial score (nSPS) is 16.6. The number of aromatic nitrogens is 5. The van der Waals surface area contributed by atoms with E-state index in [1.165, 1.54) is 5.56 Å². The van der Waals surface area contributed by atoms with E-state index in [2.05, 4.69) is 71.3 Å². The molecule has 2 aromatic carbocycles. The van der Waals surface area contributed by atoms with Gasteiger partial charge in [-0.25, -0.2) is 4.68 Å². The maximum Gasteiger partial charge on any atom is 0.253 e. The molecule has 0 amide bonds. The van der Waals surface area contributed by atoms with Crippen LogP contribution in [0.25, 0.3) is 10.9 Å². The fourth-order valence-electron chi connectivity index (χ4n) is 5.46. The number of tetrazole rings is 1. The fourth-order valence-corrected chi connectivity index (χ4v) is 5.46. The molecule has 1 aliphatic rings. The number of hydrogen-bond donors (Lipinski definition) is 1. The van der Waals surface area contributed by atoms with Crippen LogP contribution in [0.15, 0.2) is 53.3 Å². The van der Waals surface area contributed by atoms with E-state index >= 15 is 0 Å². The van der Waals surface area contributed by atoms with Gasteiger partial charge in [0.25, 0.3) is 5.56 Å². The fraction of sp³-hybridized carbons (Fsp3) is 0.484. The molecule has 1 fully saturated rings. The number of aryl methyl sites for hydroxylation is 1. The molecule has 0 aliphatic carbocycles. The van der Waals surface area contributed by atoms with E-state index in [1.807, 2.05) is 35.0 Å². The smallest absolute Gasteiger partial charge is 0.253 e. The molecule has 1 saturated heterocycles. The van der Waals surface area contributed by atoms with Gasteiger partial charge in [-0.1, -0.05) is 32.0 Å². The number of methoxy groups -OCH3 is 1. The third-order valence-electron chi connectivity index (χ3n) is 8.16. The summed E-state index contributed by atoms with van der Waals surface area (Å²) in [6.07, 6.45) is 3.80. The van der Waals surface area contributed by atoms with Gasteiger partial charge in [-0.15, -0.1) is 5.10 Å². The second-order valence-corrected chi connectivity index (χ2v) is 11.3. The second kappa shape index (κ2) is 11.9. The number of benzene rings is 2. The predicted octanol–water partition coefficient (Wildman–Crippen LogP) is 5.00. The first kappa shape index (κ1) is 28.0. The lowest BCUT2D eigenvalue weighted by Crippen LogP contribution is -2.41. The van der Waals surface area contributed by atoms with Crippen LogP contribution in [0.5, 0.6) is 5.75 Å². The monoisotopic (exact) mass is 544 g/mol. The summed E-state index contributed by atoms with van der Waals surface area (Å²) in [6.45, 7) is 10.4. The molecule has 0 radical (unpaired) electrons. The summed E-state index contributed by atoms with van der Waals surface area (Å²) < 4.78 is 13.5. The van der Waals surface area contributed by atoms with Crippen molar-refractivity contribution in [3.8, 4) is 5.75 Å². The van der Waals surface area contributed by atoms with Crippen molar-refractivity contribution in [3.05, 3.63) is 81.4 Å². The zero-order chi connectivity index (χ0) is 28.3. The largest absolute Gasteiger partial charge is 0.497 e. The molecule has 0 saturated carbocycles. The molecule has 2 atom stereocenters. The van der Waals surface area contributed by atoms with Gasteiger partial charge in [0.1, 0.15) is 11.8 Å². The van der Waals surface area contributed by atoms with Crippen LogP contribution in [-0.2, 0) is 23.2 Å². The van der Waals surface area contributed by atoms with Crippen molar-refractivity contribution in [2.75, 3.05) is 20.3 Å². The van der Waals surface area contributed by atoms with Gasteiger partial charge in [-0.2, -0.15) is 0 Å². The summed E-state index contributed by atoms with van der Waals surface area (Å²) in [7, 11) is 1.67. The van der Waals surface area contributed by atoms with Crippen molar-refractivity contribution in [2.24, 2.45) is 0 Å². The molecule has 5 rings (SSSR count). The van der Waals surface area contributed by atoms with Crippen molar-refractivity contribution < 1.29 is 9.47 Å². The second-order valence-electron chi connectivity index (χ2n) is 11.3. The van der Waals surface area contributed by atoms with Crippen LogP contribution in [0.4, 0.5) is 0 Å². The van der Waals surface area contributed by atoms with Crippen LogP contribution in [0.1, 0.15) is 75.5 Å². The summed E-state index contributed by atoms with van der Waals surface area (Å²) in [4.78, 5) is 19.3. The van der Waals surface area contributed by atoms with E-state index < -0.39 is 6.04 Å². The van der Waals surface area contributed by atoms with E-state index in [0.717, 1.165) is 54.5 Å². The number of nitrogens with one attached hydrogen (secondary N) is 1. The molecule has 1 aliphatic heterocycles. The van der Waals surface area contributed by atoms with Crippen molar-refractivity contribution in [3.63, 3.8) is 0 Å². The standard InChI is InChI=1S/C31H40N6O3/c1-6-21-13-14-27-23(16-21)18-26(30(38)32-27)28(29-33-34-35-37(29)31(3,4)7-2)36(20-25-12-9-15-40-25)19-22-10-8-11-24(17-22)39-5/h8,10-11,13-14,16-18,25,28H,6-7,9,12,15,19-20H2,1-5H3,(H,32,38)/t25-,28-/m1/s1. The minimum Gasteiger partial charge on any atom is -0.497 e. The lowest BCUT2D eigenvalue weighted by atomic mass is 9.98. The van der Waals surface area contributed by atoms with Gasteiger partial charge in [-0.05, 0) is 96.8 Å². The minimum atomic E-state index is -0.505. The van der Waals surface area contributed by atoms with E-state index in [-0.39, 0.29) is 17.2 Å². The highest BCUT2D eigenvalue weighted by Gasteiger charge is 2.36. The topological polar surface area (TPSA) is 98.2 Å². The van der Waals surface area contributed by atoms with Gasteiger partial charge in [0.2, 0.25) is 0 Å². The van der Waals surface area contributed by atoms with Crippen LogP contribution < -0.4 is 10.3 Å². The minimum absolute atomic E-state index is 0.0582. The van der Waals surface area contributed by atoms with Crippen molar-refractivity contribution >= 4 is 10.9 Å². The number of pyridine rings is 1. The summed E-state index contributed by atoms with van der Waals surface area (Å²) in [6, 6.07) is 15.8. The Bertz CT molecular complexity index is 1500. The summed E-state index contributed by atoms with van der Waals surface area (Å²) in [5.41, 5.74) is 3.23.